The van der Waals surface area contributed by atoms with Crippen LogP contribution in [0.4, 0.5) is 0 Å². The van der Waals surface area contributed by atoms with E-state index in [1.54, 1.807) is 33.8 Å². The number of rotatable bonds is 10. The second-order valence-electron chi connectivity index (χ2n) is 10.8. The first-order valence-electron chi connectivity index (χ1n) is 12.4. The summed E-state index contributed by atoms with van der Waals surface area (Å²) in [7, 11) is 2.16. The molecular weight excluding hydrogens is 432 g/mol. The number of aliphatic carboxylic acids is 1. The zero-order valence-electron chi connectivity index (χ0n) is 21.6. The summed E-state index contributed by atoms with van der Waals surface area (Å²) in [5, 5.41) is 11.8. The third-order valence-corrected chi connectivity index (χ3v) is 7.13. The molecule has 1 saturated heterocycles. The Hall–Kier alpha value is -2.41. The second-order valence-corrected chi connectivity index (χ2v) is 10.8. The van der Waals surface area contributed by atoms with Gasteiger partial charge < -0.3 is 20.1 Å². The van der Waals surface area contributed by atoms with E-state index in [0.717, 1.165) is 25.9 Å². The molecule has 1 fully saturated rings. The Kier molecular flexibility index (Phi) is 9.68. The number of nitrogens with zero attached hydrogens (tertiary/aromatic N) is 1. The maximum atomic E-state index is 13.0. The number of hydrogen-bond donors (Lipinski definition) is 2. The topological polar surface area (TPSA) is 95.9 Å². The molecule has 190 valence electrons. The van der Waals surface area contributed by atoms with Crippen molar-refractivity contribution in [3.8, 4) is 5.75 Å². The van der Waals surface area contributed by atoms with E-state index in [9.17, 15) is 19.5 Å². The molecule has 0 bridgehead atoms. The van der Waals surface area contributed by atoms with Crippen molar-refractivity contribution in [2.24, 2.45) is 11.3 Å². The fourth-order valence-electron chi connectivity index (χ4n) is 4.67. The number of benzene rings is 1. The van der Waals surface area contributed by atoms with Crippen molar-refractivity contribution in [1.82, 2.24) is 10.2 Å². The maximum absolute atomic E-state index is 13.0. The van der Waals surface area contributed by atoms with Crippen molar-refractivity contribution in [2.45, 2.75) is 84.6 Å². The molecule has 2 N–H and O–H groups in total. The third-order valence-electron chi connectivity index (χ3n) is 7.13. The molecule has 2 atom stereocenters. The van der Waals surface area contributed by atoms with Crippen LogP contribution in [0.5, 0.6) is 5.75 Å². The number of carboxylic acid groups (broad SMARTS) is 1. The minimum Gasteiger partial charge on any atom is -0.480 e. The van der Waals surface area contributed by atoms with E-state index in [-0.39, 0.29) is 30.1 Å². The van der Waals surface area contributed by atoms with Crippen LogP contribution < -0.4 is 10.1 Å². The lowest BCUT2D eigenvalue weighted by Gasteiger charge is -2.35. The number of likely N-dealkylation sites (N-methyl/N-ethyl adjacent to an activating group) is 1. The second kappa shape index (κ2) is 11.8. The summed E-state index contributed by atoms with van der Waals surface area (Å²) in [6.07, 6.45) is 4.80. The van der Waals surface area contributed by atoms with Crippen LogP contribution in [0, 0.1) is 11.3 Å². The highest BCUT2D eigenvalue weighted by Gasteiger charge is 2.35. The van der Waals surface area contributed by atoms with Gasteiger partial charge in [0, 0.05) is 18.4 Å². The number of amides is 1. The van der Waals surface area contributed by atoms with Gasteiger partial charge >= 0.3 is 11.9 Å². The Morgan fingerprint density at radius 1 is 1.24 bits per heavy atom. The van der Waals surface area contributed by atoms with E-state index in [2.05, 4.69) is 30.3 Å². The maximum Gasteiger partial charge on any atom is 0.326 e. The molecule has 7 nitrogen and oxygen atoms in total. The molecule has 2 rings (SSSR count). The minimum absolute atomic E-state index is 0.0400. The lowest BCUT2D eigenvalue weighted by molar-refractivity contribution is -0.146. The first kappa shape index (κ1) is 27.8. The van der Waals surface area contributed by atoms with Crippen LogP contribution in [0.15, 0.2) is 24.3 Å². The van der Waals surface area contributed by atoms with Crippen LogP contribution in [0.1, 0.15) is 78.7 Å². The highest BCUT2D eigenvalue weighted by atomic mass is 16.5. The summed E-state index contributed by atoms with van der Waals surface area (Å²) in [4.78, 5) is 39.0. The fraction of sp³-hybridized carbons (Fsp3) is 0.667. The molecule has 1 aliphatic heterocycles. The van der Waals surface area contributed by atoms with Gasteiger partial charge in [0.2, 0.25) is 5.91 Å². The van der Waals surface area contributed by atoms with E-state index in [1.807, 2.05) is 12.1 Å². The smallest absolute Gasteiger partial charge is 0.326 e. The Labute approximate surface area is 204 Å². The molecule has 1 aromatic carbocycles. The number of likely N-dealkylation sites (tertiary alicyclic amines) is 1. The van der Waals surface area contributed by atoms with E-state index in [1.165, 1.54) is 18.4 Å². The molecular formula is C27H42N2O5. The largest absolute Gasteiger partial charge is 0.480 e. The van der Waals surface area contributed by atoms with Crippen molar-refractivity contribution >= 4 is 17.8 Å². The predicted octanol–water partition coefficient (Wildman–Crippen LogP) is 4.39. The molecule has 0 aromatic heterocycles. The molecule has 2 unspecified atom stereocenters. The molecule has 0 aliphatic carbocycles. The summed E-state index contributed by atoms with van der Waals surface area (Å²) in [6.45, 7) is 11.3. The quantitative estimate of drug-likeness (QED) is 0.386. The number of ether oxygens (including phenoxy) is 1. The Morgan fingerprint density at radius 3 is 2.56 bits per heavy atom. The lowest BCUT2D eigenvalue weighted by Crippen LogP contribution is -2.44. The summed E-state index contributed by atoms with van der Waals surface area (Å²) in [5.74, 6) is -1.56. The van der Waals surface area contributed by atoms with Gasteiger partial charge in [0.1, 0.15) is 11.8 Å². The zero-order valence-corrected chi connectivity index (χ0v) is 21.6. The number of hydrogen-bond acceptors (Lipinski definition) is 5. The fourth-order valence-corrected chi connectivity index (χ4v) is 4.67. The minimum atomic E-state index is -1.06. The van der Waals surface area contributed by atoms with Gasteiger partial charge in [0.05, 0.1) is 5.41 Å². The number of carboxylic acids is 1. The normalized spacial score (nSPS) is 20.4. The predicted molar refractivity (Wildman–Crippen MR) is 133 cm³/mol. The van der Waals surface area contributed by atoms with Crippen molar-refractivity contribution in [3.63, 3.8) is 0 Å². The summed E-state index contributed by atoms with van der Waals surface area (Å²) < 4.78 is 5.77. The van der Waals surface area contributed by atoms with Gasteiger partial charge in [-0.1, -0.05) is 39.3 Å². The summed E-state index contributed by atoms with van der Waals surface area (Å²) in [5.41, 5.74) is 0.340. The van der Waals surface area contributed by atoms with Crippen molar-refractivity contribution in [2.75, 3.05) is 20.1 Å². The van der Waals surface area contributed by atoms with Gasteiger partial charge in [-0.05, 0) is 76.7 Å². The van der Waals surface area contributed by atoms with E-state index >= 15 is 0 Å². The van der Waals surface area contributed by atoms with Crippen LogP contribution in [-0.4, -0.2) is 54.0 Å². The summed E-state index contributed by atoms with van der Waals surface area (Å²) in [6, 6.07) is 6.92. The van der Waals surface area contributed by atoms with Gasteiger partial charge in [0.25, 0.3) is 0 Å². The molecule has 0 saturated carbocycles. The molecule has 1 heterocycles. The number of nitrogens with one attached hydrogen (secondary N) is 1. The van der Waals surface area contributed by atoms with Crippen LogP contribution in [0.3, 0.4) is 0 Å². The van der Waals surface area contributed by atoms with Gasteiger partial charge in [-0.25, -0.2) is 4.79 Å². The van der Waals surface area contributed by atoms with Crippen molar-refractivity contribution in [3.05, 3.63) is 29.8 Å². The van der Waals surface area contributed by atoms with Gasteiger partial charge in [-0.15, -0.1) is 0 Å². The molecule has 7 heteroatoms. The highest BCUT2D eigenvalue weighted by molar-refractivity contribution is 5.84. The van der Waals surface area contributed by atoms with Crippen LogP contribution >= 0.6 is 0 Å². The van der Waals surface area contributed by atoms with Crippen molar-refractivity contribution < 1.29 is 24.2 Å². The van der Waals surface area contributed by atoms with Crippen molar-refractivity contribution in [1.29, 1.82) is 0 Å². The van der Waals surface area contributed by atoms with E-state index < -0.39 is 23.4 Å². The van der Waals surface area contributed by atoms with Crippen LogP contribution in [-0.2, 0) is 19.8 Å². The third kappa shape index (κ3) is 7.29. The zero-order chi connectivity index (χ0) is 25.5. The van der Waals surface area contributed by atoms with Gasteiger partial charge in [0.15, 0.2) is 0 Å². The standard InChI is InChI=1S/C27H42N2O5/c1-7-27(14-8-9-16-29(6)18-27)20-11-10-12-21(17-20)34-25(33)26(4,5)15-13-22(30)28-23(19(2)3)24(31)32/h10-12,17,19,23H,7-9,13-16,18H2,1-6H3,(H,28,30)(H,31,32). The molecule has 0 radical (unpaired) electrons. The first-order valence-corrected chi connectivity index (χ1v) is 12.4. The highest BCUT2D eigenvalue weighted by Crippen LogP contribution is 2.38. The average Bonchev–Trinajstić information content (AvgIpc) is 2.97. The molecule has 1 amide bonds. The monoisotopic (exact) mass is 474 g/mol. The Balaban J connectivity index is 2.05. The van der Waals surface area contributed by atoms with E-state index in [4.69, 9.17) is 4.74 Å². The van der Waals surface area contributed by atoms with E-state index in [0.29, 0.717) is 5.75 Å². The number of esters is 1. The Morgan fingerprint density at radius 2 is 1.94 bits per heavy atom. The molecule has 34 heavy (non-hydrogen) atoms. The number of carbonyl (C=O) groups is 3. The average molecular weight is 475 g/mol. The Bertz CT molecular complexity index is 866. The lowest BCUT2D eigenvalue weighted by atomic mass is 9.74. The van der Waals surface area contributed by atoms with Crippen LogP contribution in [0.2, 0.25) is 0 Å². The summed E-state index contributed by atoms with van der Waals surface area (Å²) >= 11 is 0. The van der Waals surface area contributed by atoms with Gasteiger partial charge in [-0.3, -0.25) is 9.59 Å². The molecule has 0 spiro atoms. The first-order chi connectivity index (χ1) is 15.9. The molecule has 1 aromatic rings. The number of carbonyl (C=O) groups excluding carboxylic acids is 2. The SMILES string of the molecule is CCC1(c2cccc(OC(=O)C(C)(C)CCC(=O)NC(C(=O)O)C(C)C)c2)CCCCN(C)C1. The van der Waals surface area contributed by atoms with Crippen LogP contribution in [0.25, 0.3) is 0 Å². The molecule has 1 aliphatic rings. The van der Waals surface area contributed by atoms with Gasteiger partial charge in [-0.2, -0.15) is 0 Å².